The molecule has 2 aromatic carbocycles. The number of nitro groups is 1. The van der Waals surface area contributed by atoms with Gasteiger partial charge in [-0.2, -0.15) is 0 Å². The first-order chi connectivity index (χ1) is 14.8. The van der Waals surface area contributed by atoms with Crippen LogP contribution in [0, 0.1) is 28.9 Å². The van der Waals surface area contributed by atoms with Crippen molar-refractivity contribution >= 4 is 40.7 Å². The van der Waals surface area contributed by atoms with E-state index in [1.165, 1.54) is 25.1 Å². The summed E-state index contributed by atoms with van der Waals surface area (Å²) in [7, 11) is 0. The summed E-state index contributed by atoms with van der Waals surface area (Å²) >= 11 is 0. The third-order valence-corrected chi connectivity index (χ3v) is 6.48. The van der Waals surface area contributed by atoms with Crippen molar-refractivity contribution in [3.63, 3.8) is 0 Å². The van der Waals surface area contributed by atoms with Crippen LogP contribution >= 0.6 is 0 Å². The fourth-order valence-electron chi connectivity index (χ4n) is 5.16. The van der Waals surface area contributed by atoms with Gasteiger partial charge in [0.05, 0.1) is 28.5 Å². The van der Waals surface area contributed by atoms with Gasteiger partial charge in [0.2, 0.25) is 11.8 Å². The van der Waals surface area contributed by atoms with E-state index in [-0.39, 0.29) is 17.2 Å². The Hall–Kier alpha value is -3.81. The molecule has 0 radical (unpaired) electrons. The molecule has 4 atom stereocenters. The number of Topliss-reactive ketones (excluding diaryl/α,β-unsaturated/α-hetero) is 1. The molecule has 0 saturated carbocycles. The molecule has 2 fully saturated rings. The van der Waals surface area contributed by atoms with E-state index in [0.29, 0.717) is 5.56 Å². The molecule has 0 aliphatic carbocycles. The minimum atomic E-state index is -0.843. The van der Waals surface area contributed by atoms with Crippen molar-refractivity contribution in [3.8, 4) is 0 Å². The number of carbonyl (C=O) groups excluding carboxylic acids is 3. The van der Waals surface area contributed by atoms with E-state index in [1.54, 1.807) is 6.92 Å². The number of non-ortho nitro benzene ring substituents is 1. The highest BCUT2D eigenvalue weighted by Crippen LogP contribution is 2.49. The van der Waals surface area contributed by atoms with Gasteiger partial charge in [-0.15, -0.1) is 0 Å². The van der Waals surface area contributed by atoms with Gasteiger partial charge in [-0.25, -0.2) is 4.90 Å². The minimum Gasteiger partial charge on any atom is -0.353 e. The third-order valence-electron chi connectivity index (χ3n) is 6.48. The maximum absolute atomic E-state index is 13.5. The molecule has 3 aliphatic heterocycles. The molecule has 2 saturated heterocycles. The zero-order chi connectivity index (χ0) is 22.0. The normalized spacial score (nSPS) is 26.0. The standard InChI is InChI=1S/C23H19N3O5/c1-12-7-9-15(26(30)31)11-18(12)25-22(28)19-17-10-8-14-5-3-4-6-16(14)24(17)21(13(2)27)20(19)23(25)29/h3-11,17,19-21H,1-2H3/t17-,19+,20+,21+/m0/s1. The van der Waals surface area contributed by atoms with Crippen LogP contribution in [0.25, 0.3) is 6.08 Å². The largest absolute Gasteiger partial charge is 0.353 e. The van der Waals surface area contributed by atoms with E-state index in [1.807, 2.05) is 41.3 Å². The van der Waals surface area contributed by atoms with Crippen molar-refractivity contribution in [1.82, 2.24) is 0 Å². The van der Waals surface area contributed by atoms with Crippen LogP contribution in [0.2, 0.25) is 0 Å². The lowest BCUT2D eigenvalue weighted by Gasteiger charge is -2.36. The molecular formula is C23H19N3O5. The monoisotopic (exact) mass is 417 g/mol. The molecule has 0 aromatic heterocycles. The number of aryl methyl sites for hydroxylation is 1. The van der Waals surface area contributed by atoms with Crippen molar-refractivity contribution in [1.29, 1.82) is 0 Å². The zero-order valence-corrected chi connectivity index (χ0v) is 16.9. The molecule has 0 spiro atoms. The average molecular weight is 417 g/mol. The number of fused-ring (bicyclic) bond motifs is 5. The van der Waals surface area contributed by atoms with E-state index >= 15 is 0 Å². The number of imide groups is 1. The molecule has 8 nitrogen and oxygen atoms in total. The highest BCUT2D eigenvalue weighted by Gasteiger charge is 2.63. The molecule has 31 heavy (non-hydrogen) atoms. The van der Waals surface area contributed by atoms with E-state index in [4.69, 9.17) is 0 Å². The lowest BCUT2D eigenvalue weighted by molar-refractivity contribution is -0.384. The van der Waals surface area contributed by atoms with Gasteiger partial charge in [0.1, 0.15) is 6.04 Å². The second-order valence-electron chi connectivity index (χ2n) is 8.16. The van der Waals surface area contributed by atoms with Crippen LogP contribution in [-0.2, 0) is 14.4 Å². The molecule has 0 N–H and O–H groups in total. The molecule has 0 unspecified atom stereocenters. The quantitative estimate of drug-likeness (QED) is 0.432. The number of hydrogen-bond acceptors (Lipinski definition) is 6. The number of nitro benzene ring substituents is 1. The molecule has 8 heteroatoms. The van der Waals surface area contributed by atoms with E-state index in [0.717, 1.165) is 16.2 Å². The van der Waals surface area contributed by atoms with E-state index in [9.17, 15) is 24.5 Å². The number of nitrogens with zero attached hydrogens (tertiary/aromatic N) is 3. The first kappa shape index (κ1) is 19.2. The van der Waals surface area contributed by atoms with Gasteiger partial charge < -0.3 is 4.90 Å². The molecule has 5 rings (SSSR count). The molecular weight excluding hydrogens is 398 g/mol. The third kappa shape index (κ3) is 2.57. The summed E-state index contributed by atoms with van der Waals surface area (Å²) < 4.78 is 0. The van der Waals surface area contributed by atoms with Gasteiger partial charge in [0.25, 0.3) is 5.69 Å². The Morgan fingerprint density at radius 2 is 1.74 bits per heavy atom. The van der Waals surface area contributed by atoms with E-state index < -0.39 is 40.7 Å². The SMILES string of the molecule is CC(=O)[C@@H]1[C@@H]2C(=O)N(c3cc([N+](=O)[O-])ccc3C)C(=O)[C@@H]2[C@@H]2C=Cc3ccccc3N12. The summed E-state index contributed by atoms with van der Waals surface area (Å²) in [5, 5.41) is 11.2. The number of para-hydroxylation sites is 1. The number of rotatable bonds is 3. The van der Waals surface area contributed by atoms with E-state index in [2.05, 4.69) is 0 Å². The maximum Gasteiger partial charge on any atom is 0.271 e. The fourth-order valence-corrected chi connectivity index (χ4v) is 5.16. The molecule has 2 aromatic rings. The topological polar surface area (TPSA) is 101 Å². The summed E-state index contributed by atoms with van der Waals surface area (Å²) in [4.78, 5) is 53.4. The van der Waals surface area contributed by atoms with Crippen molar-refractivity contribution in [3.05, 3.63) is 69.8 Å². The van der Waals surface area contributed by atoms with Gasteiger partial charge in [0, 0.05) is 17.8 Å². The summed E-state index contributed by atoms with van der Waals surface area (Å²) in [5.74, 6) is -2.68. The van der Waals surface area contributed by atoms with Crippen LogP contribution < -0.4 is 9.80 Å². The highest BCUT2D eigenvalue weighted by molar-refractivity contribution is 6.25. The number of anilines is 2. The Morgan fingerprint density at radius 1 is 1.03 bits per heavy atom. The predicted molar refractivity (Wildman–Crippen MR) is 114 cm³/mol. The minimum absolute atomic E-state index is 0.193. The summed E-state index contributed by atoms with van der Waals surface area (Å²) in [5.41, 5.74) is 2.33. The zero-order valence-electron chi connectivity index (χ0n) is 16.9. The van der Waals surface area contributed by atoms with Crippen molar-refractivity contribution in [2.75, 3.05) is 9.80 Å². The van der Waals surface area contributed by atoms with Crippen LogP contribution in [0.5, 0.6) is 0 Å². The lowest BCUT2D eigenvalue weighted by atomic mass is 9.88. The van der Waals surface area contributed by atoms with Gasteiger partial charge in [0.15, 0.2) is 5.78 Å². The van der Waals surface area contributed by atoms with Gasteiger partial charge >= 0.3 is 0 Å². The Morgan fingerprint density at radius 3 is 2.45 bits per heavy atom. The van der Waals surface area contributed by atoms with Crippen molar-refractivity contribution in [2.45, 2.75) is 25.9 Å². The molecule has 3 aliphatic rings. The van der Waals surface area contributed by atoms with Crippen LogP contribution in [0.15, 0.2) is 48.5 Å². The van der Waals surface area contributed by atoms with Gasteiger partial charge in [-0.3, -0.25) is 24.5 Å². The number of amides is 2. The van der Waals surface area contributed by atoms with Crippen LogP contribution in [0.1, 0.15) is 18.1 Å². The van der Waals surface area contributed by atoms with Crippen LogP contribution in [0.3, 0.4) is 0 Å². The lowest BCUT2D eigenvalue weighted by Crippen LogP contribution is -2.48. The predicted octanol–water partition coefficient (Wildman–Crippen LogP) is 2.88. The molecule has 3 heterocycles. The second-order valence-corrected chi connectivity index (χ2v) is 8.16. The first-order valence-electron chi connectivity index (χ1n) is 10.00. The Labute approximate surface area is 177 Å². The highest BCUT2D eigenvalue weighted by atomic mass is 16.6. The summed E-state index contributed by atoms with van der Waals surface area (Å²) in [6.07, 6.45) is 3.78. The maximum atomic E-state index is 13.5. The molecule has 156 valence electrons. The smallest absolute Gasteiger partial charge is 0.271 e. The first-order valence-corrected chi connectivity index (χ1v) is 10.00. The molecule has 0 bridgehead atoms. The molecule has 2 amide bonds. The van der Waals surface area contributed by atoms with Crippen LogP contribution in [-0.4, -0.2) is 34.6 Å². The number of benzene rings is 2. The van der Waals surface area contributed by atoms with Crippen LogP contribution in [0.4, 0.5) is 17.1 Å². The number of ketones is 1. The number of carbonyl (C=O) groups is 3. The van der Waals surface area contributed by atoms with Crippen molar-refractivity contribution in [2.24, 2.45) is 11.8 Å². The summed E-state index contributed by atoms with van der Waals surface area (Å²) in [6.45, 7) is 3.13. The Bertz CT molecular complexity index is 1200. The Kier molecular flexibility index (Phi) is 4.08. The van der Waals surface area contributed by atoms with Gasteiger partial charge in [-0.1, -0.05) is 36.4 Å². The summed E-state index contributed by atoms with van der Waals surface area (Å²) in [6, 6.07) is 10.5. The van der Waals surface area contributed by atoms with Crippen molar-refractivity contribution < 1.29 is 19.3 Å². The average Bonchev–Trinajstić information content (AvgIpc) is 3.22. The fraction of sp³-hybridized carbons (Fsp3) is 0.261. The number of hydrogen-bond donors (Lipinski definition) is 0. The Balaban J connectivity index is 1.63. The van der Waals surface area contributed by atoms with Gasteiger partial charge in [-0.05, 0) is 31.0 Å². The second kappa shape index (κ2) is 6.60.